The number of benzene rings is 2. The lowest BCUT2D eigenvalue weighted by atomic mass is 9.94. The van der Waals surface area contributed by atoms with Crippen LogP contribution >= 0.6 is 0 Å². The molecular formula is C19H20N2. The Balaban J connectivity index is 1.79. The van der Waals surface area contributed by atoms with E-state index in [2.05, 4.69) is 59.5 Å². The lowest BCUT2D eigenvalue weighted by molar-refractivity contribution is 0.656. The summed E-state index contributed by atoms with van der Waals surface area (Å²) in [6, 6.07) is 19.8. The van der Waals surface area contributed by atoms with Crippen LogP contribution in [0.2, 0.25) is 0 Å². The van der Waals surface area contributed by atoms with Gasteiger partial charge in [-0.05, 0) is 36.5 Å². The summed E-state index contributed by atoms with van der Waals surface area (Å²) in [6.07, 6.45) is 3.62. The highest BCUT2D eigenvalue weighted by molar-refractivity contribution is 5.82. The second-order valence-corrected chi connectivity index (χ2v) is 5.98. The minimum Gasteiger partial charge on any atom is -0.398 e. The Kier molecular flexibility index (Phi) is 2.95. The first-order chi connectivity index (χ1) is 10.3. The lowest BCUT2D eigenvalue weighted by Crippen LogP contribution is -2.38. The number of hydrogen-bond acceptors (Lipinski definition) is 2. The van der Waals surface area contributed by atoms with Gasteiger partial charge in [0.2, 0.25) is 0 Å². The lowest BCUT2D eigenvalue weighted by Gasteiger charge is -2.38. The fourth-order valence-corrected chi connectivity index (χ4v) is 3.75. The third kappa shape index (κ3) is 2.02. The number of hydrogen-bond donors (Lipinski definition) is 1. The minimum atomic E-state index is 0.486. The molecule has 1 fully saturated rings. The van der Waals surface area contributed by atoms with Gasteiger partial charge >= 0.3 is 0 Å². The summed E-state index contributed by atoms with van der Waals surface area (Å²) in [5, 5.41) is 0. The van der Waals surface area contributed by atoms with Crippen molar-refractivity contribution in [2.24, 2.45) is 5.73 Å². The summed E-state index contributed by atoms with van der Waals surface area (Å²) in [5.74, 6) is 0. The van der Waals surface area contributed by atoms with E-state index in [9.17, 15) is 0 Å². The molecule has 2 aromatic rings. The zero-order valence-electron chi connectivity index (χ0n) is 12.1. The summed E-state index contributed by atoms with van der Waals surface area (Å²) in [4.78, 5) is 2.54. The molecule has 0 bridgehead atoms. The quantitative estimate of drug-likeness (QED) is 0.900. The van der Waals surface area contributed by atoms with Gasteiger partial charge in [0.1, 0.15) is 0 Å². The van der Waals surface area contributed by atoms with Crippen molar-refractivity contribution in [3.05, 3.63) is 71.3 Å². The van der Waals surface area contributed by atoms with Crippen LogP contribution in [0.15, 0.2) is 60.2 Å². The molecule has 0 saturated heterocycles. The molecule has 106 valence electrons. The van der Waals surface area contributed by atoms with E-state index < -0.39 is 0 Å². The molecule has 0 radical (unpaired) electrons. The van der Waals surface area contributed by atoms with Crippen LogP contribution < -0.4 is 10.6 Å². The highest BCUT2D eigenvalue weighted by atomic mass is 15.2. The highest BCUT2D eigenvalue weighted by Crippen LogP contribution is 2.43. The van der Waals surface area contributed by atoms with Gasteiger partial charge in [-0.25, -0.2) is 0 Å². The molecule has 1 saturated carbocycles. The van der Waals surface area contributed by atoms with Crippen LogP contribution in [-0.2, 0) is 6.54 Å². The maximum absolute atomic E-state index is 6.44. The van der Waals surface area contributed by atoms with Crippen molar-refractivity contribution in [3.8, 4) is 0 Å². The van der Waals surface area contributed by atoms with Gasteiger partial charge in [-0.15, -0.1) is 0 Å². The fourth-order valence-electron chi connectivity index (χ4n) is 3.75. The fraction of sp³-hybridized carbons (Fsp3) is 0.263. The standard InChI is InChI=1S/C19H20N2/c20-19-15-9-4-5-11-17(15)21(18-12-6-10-16(18)19)13-14-7-2-1-3-8-14/h1-5,7-9,11,18H,6,10,12-13,20H2. The largest absolute Gasteiger partial charge is 0.398 e. The van der Waals surface area contributed by atoms with Crippen LogP contribution in [0, 0.1) is 0 Å². The zero-order chi connectivity index (χ0) is 14.2. The molecule has 1 heterocycles. The van der Waals surface area contributed by atoms with Crippen LogP contribution in [0.1, 0.15) is 30.4 Å². The predicted molar refractivity (Wildman–Crippen MR) is 87.8 cm³/mol. The number of nitrogens with two attached hydrogens (primary N) is 1. The van der Waals surface area contributed by atoms with Gasteiger partial charge in [0.15, 0.2) is 0 Å². The Morgan fingerprint density at radius 1 is 1.00 bits per heavy atom. The van der Waals surface area contributed by atoms with Gasteiger partial charge in [-0.1, -0.05) is 48.5 Å². The number of rotatable bonds is 2. The Labute approximate surface area is 125 Å². The number of anilines is 1. The summed E-state index contributed by atoms with van der Waals surface area (Å²) in [5.41, 5.74) is 12.8. The maximum atomic E-state index is 6.44. The average molecular weight is 276 g/mol. The van der Waals surface area contributed by atoms with Crippen LogP contribution in [0.25, 0.3) is 5.70 Å². The Hall–Kier alpha value is -2.22. The molecule has 1 aliphatic carbocycles. The second kappa shape index (κ2) is 4.96. The summed E-state index contributed by atoms with van der Waals surface area (Å²) in [7, 11) is 0. The third-order valence-electron chi connectivity index (χ3n) is 4.75. The van der Waals surface area contributed by atoms with Crippen molar-refractivity contribution in [3.63, 3.8) is 0 Å². The van der Waals surface area contributed by atoms with E-state index in [0.29, 0.717) is 6.04 Å². The van der Waals surface area contributed by atoms with Gasteiger partial charge in [0.25, 0.3) is 0 Å². The normalized spacial score (nSPS) is 20.4. The Morgan fingerprint density at radius 3 is 2.62 bits per heavy atom. The van der Waals surface area contributed by atoms with Crippen molar-refractivity contribution in [1.82, 2.24) is 0 Å². The first-order valence-electron chi connectivity index (χ1n) is 7.73. The van der Waals surface area contributed by atoms with Crippen molar-refractivity contribution in [2.75, 3.05) is 4.90 Å². The minimum absolute atomic E-state index is 0.486. The maximum Gasteiger partial charge on any atom is 0.0529 e. The SMILES string of the molecule is NC1=C2CCCC2N(Cc2ccccc2)c2ccccc21. The molecule has 2 aromatic carbocycles. The molecule has 0 spiro atoms. The van der Waals surface area contributed by atoms with Gasteiger partial charge in [0, 0.05) is 23.5 Å². The molecule has 2 N–H and O–H groups in total. The number of fused-ring (bicyclic) bond motifs is 2. The van der Waals surface area contributed by atoms with E-state index in [1.165, 1.54) is 35.2 Å². The average Bonchev–Trinajstić information content (AvgIpc) is 3.02. The Bertz CT molecular complexity index is 688. The van der Waals surface area contributed by atoms with Gasteiger partial charge in [-0.2, -0.15) is 0 Å². The molecule has 1 aliphatic heterocycles. The highest BCUT2D eigenvalue weighted by Gasteiger charge is 2.34. The van der Waals surface area contributed by atoms with Crippen molar-refractivity contribution in [2.45, 2.75) is 31.8 Å². The van der Waals surface area contributed by atoms with E-state index in [-0.39, 0.29) is 0 Å². The molecule has 2 aliphatic rings. The van der Waals surface area contributed by atoms with Crippen molar-refractivity contribution in [1.29, 1.82) is 0 Å². The monoisotopic (exact) mass is 276 g/mol. The predicted octanol–water partition coefficient (Wildman–Crippen LogP) is 3.93. The second-order valence-electron chi connectivity index (χ2n) is 5.98. The molecule has 1 unspecified atom stereocenters. The summed E-state index contributed by atoms with van der Waals surface area (Å²) >= 11 is 0. The van der Waals surface area contributed by atoms with E-state index in [1.54, 1.807) is 0 Å². The van der Waals surface area contributed by atoms with Crippen LogP contribution in [0.4, 0.5) is 5.69 Å². The molecule has 4 rings (SSSR count). The number of para-hydroxylation sites is 1. The van der Waals surface area contributed by atoms with Crippen molar-refractivity contribution < 1.29 is 0 Å². The molecule has 0 amide bonds. The summed E-state index contributed by atoms with van der Waals surface area (Å²) in [6.45, 7) is 0.958. The van der Waals surface area contributed by atoms with Crippen molar-refractivity contribution >= 4 is 11.4 Å². The molecule has 0 aromatic heterocycles. The molecule has 1 atom stereocenters. The van der Waals surface area contributed by atoms with Crippen LogP contribution in [0.3, 0.4) is 0 Å². The number of nitrogens with zero attached hydrogens (tertiary/aromatic N) is 1. The van der Waals surface area contributed by atoms with Gasteiger partial charge in [0.05, 0.1) is 6.04 Å². The molecule has 2 nitrogen and oxygen atoms in total. The van der Waals surface area contributed by atoms with Crippen LogP contribution in [-0.4, -0.2) is 6.04 Å². The molecule has 21 heavy (non-hydrogen) atoms. The van der Waals surface area contributed by atoms with Gasteiger partial charge in [-0.3, -0.25) is 0 Å². The smallest absolute Gasteiger partial charge is 0.0529 e. The van der Waals surface area contributed by atoms with E-state index in [1.807, 2.05) is 0 Å². The van der Waals surface area contributed by atoms with E-state index in [4.69, 9.17) is 5.73 Å². The molecular weight excluding hydrogens is 256 g/mol. The first kappa shape index (κ1) is 12.5. The van der Waals surface area contributed by atoms with Crippen LogP contribution in [0.5, 0.6) is 0 Å². The van der Waals surface area contributed by atoms with E-state index in [0.717, 1.165) is 18.7 Å². The topological polar surface area (TPSA) is 29.3 Å². The van der Waals surface area contributed by atoms with Gasteiger partial charge < -0.3 is 10.6 Å². The van der Waals surface area contributed by atoms with E-state index >= 15 is 0 Å². The Morgan fingerprint density at radius 2 is 1.76 bits per heavy atom. The third-order valence-corrected chi connectivity index (χ3v) is 4.75. The summed E-state index contributed by atoms with van der Waals surface area (Å²) < 4.78 is 0. The molecule has 2 heteroatoms. The zero-order valence-corrected chi connectivity index (χ0v) is 12.1. The first-order valence-corrected chi connectivity index (χ1v) is 7.73.